The number of carbonyl (C=O) groups excluding carboxylic acids is 1. The van der Waals surface area contributed by atoms with Gasteiger partial charge in [-0.15, -0.1) is 0 Å². The Labute approximate surface area is 110 Å². The van der Waals surface area contributed by atoms with Gasteiger partial charge in [-0.25, -0.2) is 0 Å². The molecule has 0 fully saturated rings. The van der Waals surface area contributed by atoms with E-state index in [2.05, 4.69) is 25.2 Å². The van der Waals surface area contributed by atoms with Crippen molar-refractivity contribution in [1.29, 1.82) is 0 Å². The predicted molar refractivity (Wildman–Crippen MR) is 73.8 cm³/mol. The first kappa shape index (κ1) is 14.6. The van der Waals surface area contributed by atoms with E-state index in [0.29, 0.717) is 18.9 Å². The molecule has 0 saturated carbocycles. The highest BCUT2D eigenvalue weighted by molar-refractivity contribution is 5.75. The van der Waals surface area contributed by atoms with Crippen molar-refractivity contribution in [1.82, 2.24) is 5.32 Å². The maximum atomic E-state index is 11.4. The van der Waals surface area contributed by atoms with Crippen LogP contribution in [-0.2, 0) is 11.3 Å². The van der Waals surface area contributed by atoms with E-state index in [4.69, 9.17) is 4.74 Å². The Morgan fingerprint density at radius 3 is 2.67 bits per heavy atom. The maximum Gasteiger partial charge on any atom is 0.220 e. The molecule has 0 aliphatic heterocycles. The molecule has 0 atom stereocenters. The van der Waals surface area contributed by atoms with Crippen LogP contribution in [0.15, 0.2) is 18.2 Å². The highest BCUT2D eigenvalue weighted by atomic mass is 16.5. The van der Waals surface area contributed by atoms with Gasteiger partial charge in [-0.3, -0.25) is 4.79 Å². The second-order valence-corrected chi connectivity index (χ2v) is 4.76. The molecule has 0 aromatic heterocycles. The van der Waals surface area contributed by atoms with Gasteiger partial charge in [0.05, 0.1) is 7.11 Å². The summed E-state index contributed by atoms with van der Waals surface area (Å²) >= 11 is 0. The summed E-state index contributed by atoms with van der Waals surface area (Å²) in [6.45, 7) is 6.86. The minimum Gasteiger partial charge on any atom is -0.496 e. The van der Waals surface area contributed by atoms with Crippen molar-refractivity contribution < 1.29 is 9.53 Å². The van der Waals surface area contributed by atoms with Crippen LogP contribution in [0.25, 0.3) is 0 Å². The van der Waals surface area contributed by atoms with Crippen LogP contribution in [0.5, 0.6) is 5.75 Å². The monoisotopic (exact) mass is 249 g/mol. The minimum absolute atomic E-state index is 0.111. The van der Waals surface area contributed by atoms with E-state index < -0.39 is 0 Å². The lowest BCUT2D eigenvalue weighted by molar-refractivity contribution is -0.121. The summed E-state index contributed by atoms with van der Waals surface area (Å²) in [6, 6.07) is 6.07. The largest absolute Gasteiger partial charge is 0.496 e. The number of ether oxygens (including phenoxy) is 1. The molecule has 0 heterocycles. The van der Waals surface area contributed by atoms with Crippen LogP contribution < -0.4 is 10.1 Å². The summed E-state index contributed by atoms with van der Waals surface area (Å²) in [5, 5.41) is 2.92. The van der Waals surface area contributed by atoms with E-state index in [9.17, 15) is 4.79 Å². The number of methoxy groups -OCH3 is 1. The Balaban J connectivity index is 2.73. The van der Waals surface area contributed by atoms with Gasteiger partial charge in [-0.2, -0.15) is 0 Å². The van der Waals surface area contributed by atoms with Crippen molar-refractivity contribution in [2.24, 2.45) is 0 Å². The van der Waals surface area contributed by atoms with Gasteiger partial charge in [0.15, 0.2) is 0 Å². The fraction of sp³-hybridized carbons (Fsp3) is 0.533. The first-order valence-corrected chi connectivity index (χ1v) is 6.52. The summed E-state index contributed by atoms with van der Waals surface area (Å²) in [4.78, 5) is 11.4. The minimum atomic E-state index is 0.111. The molecule has 3 heteroatoms. The average molecular weight is 249 g/mol. The fourth-order valence-electron chi connectivity index (χ4n) is 1.86. The second-order valence-electron chi connectivity index (χ2n) is 4.76. The SMILES string of the molecule is CCCC(=O)NCc1ccc(OC)c(C(C)C)c1. The Hall–Kier alpha value is -1.51. The number of rotatable bonds is 6. The van der Waals surface area contributed by atoms with Crippen molar-refractivity contribution >= 4 is 5.91 Å². The van der Waals surface area contributed by atoms with Crippen LogP contribution in [0.1, 0.15) is 50.7 Å². The molecular formula is C15H23NO2. The molecule has 0 aliphatic carbocycles. The van der Waals surface area contributed by atoms with Gasteiger partial charge in [-0.1, -0.05) is 32.9 Å². The van der Waals surface area contributed by atoms with E-state index >= 15 is 0 Å². The zero-order valence-electron chi connectivity index (χ0n) is 11.7. The van der Waals surface area contributed by atoms with Crippen molar-refractivity contribution in [2.45, 2.75) is 46.1 Å². The molecule has 1 aromatic rings. The average Bonchev–Trinajstić information content (AvgIpc) is 2.36. The molecular weight excluding hydrogens is 226 g/mol. The van der Waals surface area contributed by atoms with Gasteiger partial charge in [0, 0.05) is 13.0 Å². The molecule has 3 nitrogen and oxygen atoms in total. The summed E-state index contributed by atoms with van der Waals surface area (Å²) in [5.41, 5.74) is 2.30. The van der Waals surface area contributed by atoms with Crippen LogP contribution in [0, 0.1) is 0 Å². The first-order valence-electron chi connectivity index (χ1n) is 6.52. The highest BCUT2D eigenvalue weighted by Crippen LogP contribution is 2.27. The van der Waals surface area contributed by atoms with Crippen molar-refractivity contribution in [3.05, 3.63) is 29.3 Å². The number of hydrogen-bond acceptors (Lipinski definition) is 2. The molecule has 0 saturated heterocycles. The molecule has 100 valence electrons. The van der Waals surface area contributed by atoms with E-state index in [1.165, 1.54) is 5.56 Å². The molecule has 1 amide bonds. The zero-order chi connectivity index (χ0) is 13.5. The smallest absolute Gasteiger partial charge is 0.220 e. The van der Waals surface area contributed by atoms with Crippen LogP contribution in [0.2, 0.25) is 0 Å². The van der Waals surface area contributed by atoms with Gasteiger partial charge >= 0.3 is 0 Å². The third kappa shape index (κ3) is 4.06. The normalized spacial score (nSPS) is 10.5. The third-order valence-electron chi connectivity index (χ3n) is 2.88. The lowest BCUT2D eigenvalue weighted by Gasteiger charge is -2.14. The van der Waals surface area contributed by atoms with Crippen molar-refractivity contribution in [3.8, 4) is 5.75 Å². The van der Waals surface area contributed by atoms with Crippen molar-refractivity contribution in [3.63, 3.8) is 0 Å². The van der Waals surface area contributed by atoms with Crippen LogP contribution in [-0.4, -0.2) is 13.0 Å². The van der Waals surface area contributed by atoms with Gasteiger partial charge < -0.3 is 10.1 Å². The standard InChI is InChI=1S/C15H23NO2/c1-5-6-15(17)16-10-12-7-8-14(18-4)13(9-12)11(2)3/h7-9,11H,5-6,10H2,1-4H3,(H,16,17). The van der Waals surface area contributed by atoms with Crippen LogP contribution >= 0.6 is 0 Å². The van der Waals surface area contributed by atoms with Crippen LogP contribution in [0.4, 0.5) is 0 Å². The summed E-state index contributed by atoms with van der Waals surface area (Å²) in [7, 11) is 1.68. The Morgan fingerprint density at radius 1 is 1.39 bits per heavy atom. The van der Waals surface area contributed by atoms with E-state index in [-0.39, 0.29) is 5.91 Å². The number of nitrogens with one attached hydrogen (secondary N) is 1. The molecule has 18 heavy (non-hydrogen) atoms. The summed E-state index contributed by atoms with van der Waals surface area (Å²) in [5.74, 6) is 1.43. The van der Waals surface area contributed by atoms with Crippen LogP contribution in [0.3, 0.4) is 0 Å². The Kier molecular flexibility index (Phi) is 5.69. The third-order valence-corrected chi connectivity index (χ3v) is 2.88. The quantitative estimate of drug-likeness (QED) is 0.840. The van der Waals surface area contributed by atoms with E-state index in [1.807, 2.05) is 19.1 Å². The van der Waals surface area contributed by atoms with Gasteiger partial charge in [0.2, 0.25) is 5.91 Å². The molecule has 0 spiro atoms. The molecule has 1 rings (SSSR count). The summed E-state index contributed by atoms with van der Waals surface area (Å²) in [6.07, 6.45) is 1.47. The van der Waals surface area contributed by atoms with E-state index in [1.54, 1.807) is 7.11 Å². The van der Waals surface area contributed by atoms with Gasteiger partial charge in [0.1, 0.15) is 5.75 Å². The first-order chi connectivity index (χ1) is 8.58. The maximum absolute atomic E-state index is 11.4. The summed E-state index contributed by atoms with van der Waals surface area (Å²) < 4.78 is 5.34. The fourth-order valence-corrected chi connectivity index (χ4v) is 1.86. The van der Waals surface area contributed by atoms with E-state index in [0.717, 1.165) is 17.7 Å². The number of amides is 1. The van der Waals surface area contributed by atoms with Gasteiger partial charge in [-0.05, 0) is 29.5 Å². The zero-order valence-corrected chi connectivity index (χ0v) is 11.7. The molecule has 0 unspecified atom stereocenters. The van der Waals surface area contributed by atoms with Crippen molar-refractivity contribution in [2.75, 3.05) is 7.11 Å². The lowest BCUT2D eigenvalue weighted by Crippen LogP contribution is -2.22. The molecule has 0 bridgehead atoms. The molecule has 0 aliphatic rings. The molecule has 1 aromatic carbocycles. The molecule has 1 N–H and O–H groups in total. The Bertz CT molecular complexity index is 399. The highest BCUT2D eigenvalue weighted by Gasteiger charge is 2.08. The predicted octanol–water partition coefficient (Wildman–Crippen LogP) is 3.23. The second kappa shape index (κ2) is 7.04. The lowest BCUT2D eigenvalue weighted by atomic mass is 9.99. The topological polar surface area (TPSA) is 38.3 Å². The van der Waals surface area contributed by atoms with Gasteiger partial charge in [0.25, 0.3) is 0 Å². The Morgan fingerprint density at radius 2 is 2.11 bits per heavy atom. The molecule has 0 radical (unpaired) electrons. The number of hydrogen-bond donors (Lipinski definition) is 1. The number of carbonyl (C=O) groups is 1. The number of benzene rings is 1.